The molecule has 0 radical (unpaired) electrons. The van der Waals surface area contributed by atoms with E-state index in [2.05, 4.69) is 15.0 Å². The zero-order valence-corrected chi connectivity index (χ0v) is 10.9. The molecular formula is C12H16N4O3. The zero-order chi connectivity index (χ0) is 14.0. The molecular weight excluding hydrogens is 248 g/mol. The van der Waals surface area contributed by atoms with Gasteiger partial charge >= 0.3 is 5.69 Å². The number of fused-ring (bicyclic) bond motifs is 1. The van der Waals surface area contributed by atoms with Gasteiger partial charge in [0.1, 0.15) is 11.6 Å². The quantitative estimate of drug-likeness (QED) is 0.767. The molecule has 0 spiro atoms. The van der Waals surface area contributed by atoms with Crippen molar-refractivity contribution in [2.45, 2.75) is 39.7 Å². The average Bonchev–Trinajstić information content (AvgIpc) is 2.60. The Hall–Kier alpha value is -2.18. The van der Waals surface area contributed by atoms with Gasteiger partial charge in [0, 0.05) is 13.0 Å². The Morgan fingerprint density at radius 1 is 1.26 bits per heavy atom. The molecule has 2 aromatic heterocycles. The van der Waals surface area contributed by atoms with Crippen LogP contribution in [0.25, 0.3) is 11.2 Å². The summed E-state index contributed by atoms with van der Waals surface area (Å²) in [5.74, 6) is 0.833. The van der Waals surface area contributed by atoms with Crippen molar-refractivity contribution in [3.05, 3.63) is 26.7 Å². The van der Waals surface area contributed by atoms with Crippen LogP contribution < -0.4 is 11.2 Å². The molecule has 2 heterocycles. The summed E-state index contributed by atoms with van der Waals surface area (Å²) in [7, 11) is 0. The van der Waals surface area contributed by atoms with Crippen molar-refractivity contribution in [3.8, 4) is 0 Å². The van der Waals surface area contributed by atoms with Crippen LogP contribution in [0.15, 0.2) is 9.59 Å². The maximum absolute atomic E-state index is 11.8. The third-order valence-corrected chi connectivity index (χ3v) is 2.99. The zero-order valence-electron chi connectivity index (χ0n) is 10.9. The number of aryl methyl sites for hydroxylation is 2. The first kappa shape index (κ1) is 13.3. The number of rotatable bonds is 5. The summed E-state index contributed by atoms with van der Waals surface area (Å²) in [5.41, 5.74) is -0.317. The number of nitrogens with zero attached hydrogens (tertiary/aromatic N) is 2. The Morgan fingerprint density at radius 2 is 2.00 bits per heavy atom. The van der Waals surface area contributed by atoms with E-state index in [1.165, 1.54) is 0 Å². The van der Waals surface area contributed by atoms with Crippen molar-refractivity contribution in [2.24, 2.45) is 0 Å². The number of Topliss-reactive ketones (excluding diaryl/α,β-unsaturated/α-hetero) is 1. The molecule has 19 heavy (non-hydrogen) atoms. The number of hydrogen-bond acceptors (Lipinski definition) is 4. The maximum atomic E-state index is 11.8. The van der Waals surface area contributed by atoms with E-state index in [0.29, 0.717) is 30.0 Å². The summed E-state index contributed by atoms with van der Waals surface area (Å²) >= 11 is 0. The summed E-state index contributed by atoms with van der Waals surface area (Å²) in [5, 5.41) is 0. The van der Waals surface area contributed by atoms with E-state index in [9.17, 15) is 14.4 Å². The first-order chi connectivity index (χ1) is 8.99. The van der Waals surface area contributed by atoms with Crippen LogP contribution >= 0.6 is 0 Å². The lowest BCUT2D eigenvalue weighted by atomic mass is 10.2. The van der Waals surface area contributed by atoms with Crippen LogP contribution in [0.2, 0.25) is 0 Å². The van der Waals surface area contributed by atoms with Gasteiger partial charge in [0.2, 0.25) is 0 Å². The molecule has 0 aromatic carbocycles. The lowest BCUT2D eigenvalue weighted by molar-refractivity contribution is -0.117. The SMILES string of the molecule is CC(=O)CCCCn1c(C)nc2[nH]c(=O)[nH]c(=O)c21. The number of ketones is 1. The largest absolute Gasteiger partial charge is 0.327 e. The van der Waals surface area contributed by atoms with Gasteiger partial charge in [0.15, 0.2) is 11.2 Å². The summed E-state index contributed by atoms with van der Waals surface area (Å²) in [6.45, 7) is 3.95. The molecule has 2 N–H and O–H groups in total. The predicted octanol–water partition coefficient (Wildman–Crippen LogP) is 0.481. The number of hydrogen-bond donors (Lipinski definition) is 2. The fourth-order valence-corrected chi connectivity index (χ4v) is 2.10. The lowest BCUT2D eigenvalue weighted by Crippen LogP contribution is -2.23. The highest BCUT2D eigenvalue weighted by atomic mass is 16.2. The molecule has 0 aliphatic heterocycles. The van der Waals surface area contributed by atoms with Gasteiger partial charge in [0.25, 0.3) is 5.56 Å². The fraction of sp³-hybridized carbons (Fsp3) is 0.500. The molecule has 0 unspecified atom stereocenters. The number of H-pyrrole nitrogens is 2. The fourth-order valence-electron chi connectivity index (χ4n) is 2.10. The van der Waals surface area contributed by atoms with E-state index in [1.54, 1.807) is 18.4 Å². The summed E-state index contributed by atoms with van der Waals surface area (Å²) in [6.07, 6.45) is 2.10. The van der Waals surface area contributed by atoms with Crippen molar-refractivity contribution in [1.82, 2.24) is 19.5 Å². The van der Waals surface area contributed by atoms with E-state index in [0.717, 1.165) is 12.8 Å². The highest BCUT2D eigenvalue weighted by molar-refractivity contribution is 5.75. The van der Waals surface area contributed by atoms with Gasteiger partial charge in [-0.15, -0.1) is 0 Å². The Kier molecular flexibility index (Phi) is 3.64. The highest BCUT2D eigenvalue weighted by Crippen LogP contribution is 2.10. The molecule has 0 aliphatic carbocycles. The van der Waals surface area contributed by atoms with E-state index in [4.69, 9.17) is 0 Å². The Balaban J connectivity index is 2.28. The standard InChI is InChI=1S/C12H16N4O3/c1-7(17)5-3-4-6-16-8(2)13-10-9(16)11(18)15-12(19)14-10/h3-6H2,1-2H3,(H2,14,15,18,19). The first-order valence-electron chi connectivity index (χ1n) is 6.18. The van der Waals surface area contributed by atoms with E-state index < -0.39 is 11.2 Å². The summed E-state index contributed by atoms with van der Waals surface area (Å²) in [4.78, 5) is 42.7. The van der Waals surface area contributed by atoms with Gasteiger partial charge in [-0.2, -0.15) is 0 Å². The average molecular weight is 264 g/mol. The lowest BCUT2D eigenvalue weighted by Gasteiger charge is -2.05. The van der Waals surface area contributed by atoms with Crippen molar-refractivity contribution < 1.29 is 4.79 Å². The van der Waals surface area contributed by atoms with E-state index >= 15 is 0 Å². The number of imidazole rings is 1. The van der Waals surface area contributed by atoms with E-state index in [1.807, 2.05) is 0 Å². The highest BCUT2D eigenvalue weighted by Gasteiger charge is 2.11. The van der Waals surface area contributed by atoms with Crippen molar-refractivity contribution in [1.29, 1.82) is 0 Å². The minimum Gasteiger partial charge on any atom is -0.322 e. The number of nitrogens with one attached hydrogen (secondary N) is 2. The Bertz CT molecular complexity index is 723. The molecule has 7 heteroatoms. The van der Waals surface area contributed by atoms with Crippen molar-refractivity contribution >= 4 is 16.9 Å². The first-order valence-corrected chi connectivity index (χ1v) is 6.18. The number of carbonyl (C=O) groups is 1. The monoisotopic (exact) mass is 264 g/mol. The van der Waals surface area contributed by atoms with Gasteiger partial charge in [-0.25, -0.2) is 9.78 Å². The number of aromatic nitrogens is 4. The molecule has 0 aliphatic rings. The predicted molar refractivity (Wildman–Crippen MR) is 70.2 cm³/mol. The van der Waals surface area contributed by atoms with Crippen LogP contribution in [0.3, 0.4) is 0 Å². The van der Waals surface area contributed by atoms with Crippen LogP contribution in [0.1, 0.15) is 32.0 Å². The second-order valence-electron chi connectivity index (χ2n) is 4.58. The summed E-state index contributed by atoms with van der Waals surface area (Å²) < 4.78 is 1.77. The second kappa shape index (κ2) is 5.21. The van der Waals surface area contributed by atoms with Gasteiger partial charge in [-0.1, -0.05) is 0 Å². The molecule has 7 nitrogen and oxygen atoms in total. The normalized spacial score (nSPS) is 11.1. The van der Waals surface area contributed by atoms with Crippen LogP contribution in [0.4, 0.5) is 0 Å². The summed E-state index contributed by atoms with van der Waals surface area (Å²) in [6, 6.07) is 0. The topological polar surface area (TPSA) is 101 Å². The van der Waals surface area contributed by atoms with Crippen LogP contribution in [0, 0.1) is 6.92 Å². The maximum Gasteiger partial charge on any atom is 0.327 e. The molecule has 0 amide bonds. The van der Waals surface area contributed by atoms with Crippen LogP contribution in [0.5, 0.6) is 0 Å². The molecule has 0 saturated heterocycles. The molecule has 0 saturated carbocycles. The van der Waals surface area contributed by atoms with Gasteiger partial charge < -0.3 is 9.36 Å². The number of unbranched alkanes of at least 4 members (excludes halogenated alkanes) is 1. The molecule has 0 fully saturated rings. The minimum atomic E-state index is -0.557. The van der Waals surface area contributed by atoms with Gasteiger partial charge in [-0.05, 0) is 26.7 Å². The third kappa shape index (κ3) is 2.81. The van der Waals surface area contributed by atoms with E-state index in [-0.39, 0.29) is 5.78 Å². The molecule has 2 aromatic rings. The molecule has 2 rings (SSSR count). The van der Waals surface area contributed by atoms with Gasteiger partial charge in [0.05, 0.1) is 0 Å². The number of aromatic amines is 2. The number of carbonyl (C=O) groups excluding carboxylic acids is 1. The Morgan fingerprint density at radius 3 is 2.68 bits per heavy atom. The van der Waals surface area contributed by atoms with Crippen molar-refractivity contribution in [3.63, 3.8) is 0 Å². The minimum absolute atomic E-state index is 0.161. The molecule has 102 valence electrons. The molecule has 0 atom stereocenters. The van der Waals surface area contributed by atoms with Crippen LogP contribution in [-0.4, -0.2) is 25.3 Å². The third-order valence-electron chi connectivity index (χ3n) is 2.99. The van der Waals surface area contributed by atoms with Crippen molar-refractivity contribution in [2.75, 3.05) is 0 Å². The second-order valence-corrected chi connectivity index (χ2v) is 4.58. The van der Waals surface area contributed by atoms with Crippen LogP contribution in [-0.2, 0) is 11.3 Å². The molecule has 0 bridgehead atoms. The Labute approximate surface area is 108 Å². The van der Waals surface area contributed by atoms with Gasteiger partial charge in [-0.3, -0.25) is 14.8 Å². The smallest absolute Gasteiger partial charge is 0.322 e.